The van der Waals surface area contributed by atoms with Crippen LogP contribution >= 0.6 is 11.6 Å². The number of hydrogen-bond acceptors (Lipinski definition) is 2. The molecule has 0 spiro atoms. The summed E-state index contributed by atoms with van der Waals surface area (Å²) >= 11 is 6.31. The number of Topliss-reactive ketones (excluding diaryl/α,β-unsaturated/α-hetero) is 1. The molecular formula is C19H21ClO2. The molecule has 0 fully saturated rings. The summed E-state index contributed by atoms with van der Waals surface area (Å²) in [4.78, 5) is 11.3. The first-order valence-corrected chi connectivity index (χ1v) is 7.92. The van der Waals surface area contributed by atoms with Crippen LogP contribution in [0.3, 0.4) is 0 Å². The zero-order valence-electron chi connectivity index (χ0n) is 13.2. The normalized spacial score (nSPS) is 12.0. The van der Waals surface area contributed by atoms with Crippen LogP contribution in [0.5, 0.6) is 5.75 Å². The summed E-state index contributed by atoms with van der Waals surface area (Å²) in [5.41, 5.74) is 2.75. The third-order valence-corrected chi connectivity index (χ3v) is 4.07. The molecule has 0 amide bonds. The monoisotopic (exact) mass is 316 g/mol. The molecule has 22 heavy (non-hydrogen) atoms. The van der Waals surface area contributed by atoms with Crippen molar-refractivity contribution in [1.82, 2.24) is 0 Å². The zero-order chi connectivity index (χ0) is 16.1. The minimum atomic E-state index is 0.0679. The highest BCUT2D eigenvalue weighted by Gasteiger charge is 2.07. The van der Waals surface area contributed by atoms with E-state index in [0.29, 0.717) is 28.9 Å². The van der Waals surface area contributed by atoms with Gasteiger partial charge in [0.15, 0.2) is 5.78 Å². The lowest BCUT2D eigenvalue weighted by molar-refractivity contribution is 0.101. The molecule has 0 saturated heterocycles. The lowest BCUT2D eigenvalue weighted by Gasteiger charge is -2.13. The fourth-order valence-corrected chi connectivity index (χ4v) is 2.28. The fourth-order valence-electron chi connectivity index (χ4n) is 2.04. The number of ketones is 1. The molecule has 0 aromatic heterocycles. The van der Waals surface area contributed by atoms with E-state index in [4.69, 9.17) is 16.3 Å². The number of carbonyl (C=O) groups excluding carboxylic acids is 1. The molecule has 2 rings (SSSR count). The molecule has 0 aliphatic rings. The van der Waals surface area contributed by atoms with E-state index in [1.54, 1.807) is 6.92 Å². The quantitative estimate of drug-likeness (QED) is 0.645. The Morgan fingerprint density at radius 2 is 1.77 bits per heavy atom. The van der Waals surface area contributed by atoms with E-state index in [1.807, 2.05) is 42.5 Å². The second kappa shape index (κ2) is 7.46. The zero-order valence-corrected chi connectivity index (χ0v) is 14.0. The maximum atomic E-state index is 11.3. The lowest BCUT2D eigenvalue weighted by Crippen LogP contribution is -2.07. The van der Waals surface area contributed by atoms with Crippen molar-refractivity contribution >= 4 is 17.4 Å². The standard InChI is InChI=1S/C19H21ClO2/c1-4-13(2)12-22-19-10-9-17(11-18(19)20)16-7-5-15(6-8-16)14(3)21/h5-11,13H,4,12H2,1-3H3/t13-/m0/s1. The molecule has 2 aromatic rings. The predicted octanol–water partition coefficient (Wildman–Crippen LogP) is 5.63. The van der Waals surface area contributed by atoms with Gasteiger partial charge in [0.1, 0.15) is 5.75 Å². The van der Waals surface area contributed by atoms with Gasteiger partial charge in [-0.15, -0.1) is 0 Å². The van der Waals surface area contributed by atoms with Gasteiger partial charge >= 0.3 is 0 Å². The van der Waals surface area contributed by atoms with Gasteiger partial charge in [-0.3, -0.25) is 4.79 Å². The van der Waals surface area contributed by atoms with E-state index in [2.05, 4.69) is 13.8 Å². The van der Waals surface area contributed by atoms with E-state index in [-0.39, 0.29) is 5.78 Å². The van der Waals surface area contributed by atoms with Crippen molar-refractivity contribution in [1.29, 1.82) is 0 Å². The summed E-state index contributed by atoms with van der Waals surface area (Å²) in [5, 5.41) is 0.608. The first-order valence-electron chi connectivity index (χ1n) is 7.55. The average Bonchev–Trinajstić information content (AvgIpc) is 2.53. The van der Waals surface area contributed by atoms with Crippen molar-refractivity contribution in [3.63, 3.8) is 0 Å². The summed E-state index contributed by atoms with van der Waals surface area (Å²) in [6.07, 6.45) is 1.08. The van der Waals surface area contributed by atoms with Crippen LogP contribution in [0, 0.1) is 5.92 Å². The molecule has 1 atom stereocenters. The van der Waals surface area contributed by atoms with Gasteiger partial charge < -0.3 is 4.74 Å². The number of ether oxygens (including phenoxy) is 1. The molecule has 116 valence electrons. The van der Waals surface area contributed by atoms with Crippen LogP contribution < -0.4 is 4.74 Å². The van der Waals surface area contributed by atoms with Crippen LogP contribution in [0.2, 0.25) is 5.02 Å². The molecule has 0 unspecified atom stereocenters. The van der Waals surface area contributed by atoms with Crippen LogP contribution in [-0.2, 0) is 0 Å². The molecule has 0 N–H and O–H groups in total. The molecule has 0 saturated carbocycles. The Labute approximate surface area is 137 Å². The molecule has 0 bridgehead atoms. The van der Waals surface area contributed by atoms with Crippen LogP contribution in [-0.4, -0.2) is 12.4 Å². The summed E-state index contributed by atoms with van der Waals surface area (Å²) in [7, 11) is 0. The number of hydrogen-bond donors (Lipinski definition) is 0. The Kier molecular flexibility index (Phi) is 5.62. The molecule has 2 aromatic carbocycles. The molecule has 3 heteroatoms. The summed E-state index contributed by atoms with van der Waals surface area (Å²) in [5.74, 6) is 1.29. The first-order chi connectivity index (χ1) is 10.5. The van der Waals surface area contributed by atoms with Crippen molar-refractivity contribution in [3.05, 3.63) is 53.1 Å². The summed E-state index contributed by atoms with van der Waals surface area (Å²) in [6.45, 7) is 6.53. The Morgan fingerprint density at radius 3 is 2.32 bits per heavy atom. The molecule has 0 heterocycles. The Hall–Kier alpha value is -1.80. The third-order valence-electron chi connectivity index (χ3n) is 3.78. The van der Waals surface area contributed by atoms with Crippen molar-refractivity contribution in [2.24, 2.45) is 5.92 Å². The highest BCUT2D eigenvalue weighted by Crippen LogP contribution is 2.31. The minimum Gasteiger partial charge on any atom is -0.492 e. The van der Waals surface area contributed by atoms with Crippen molar-refractivity contribution in [3.8, 4) is 16.9 Å². The fraction of sp³-hybridized carbons (Fsp3) is 0.316. The van der Waals surface area contributed by atoms with Gasteiger partial charge in [-0.2, -0.15) is 0 Å². The smallest absolute Gasteiger partial charge is 0.159 e. The number of halogens is 1. The van der Waals surface area contributed by atoms with Gasteiger partial charge in [-0.05, 0) is 36.1 Å². The first kappa shape index (κ1) is 16.6. The van der Waals surface area contributed by atoms with E-state index < -0.39 is 0 Å². The highest BCUT2D eigenvalue weighted by molar-refractivity contribution is 6.32. The topological polar surface area (TPSA) is 26.3 Å². The van der Waals surface area contributed by atoms with E-state index in [0.717, 1.165) is 17.5 Å². The highest BCUT2D eigenvalue weighted by atomic mass is 35.5. The predicted molar refractivity (Wildman–Crippen MR) is 91.8 cm³/mol. The third kappa shape index (κ3) is 4.11. The Balaban J connectivity index is 2.16. The van der Waals surface area contributed by atoms with Gasteiger partial charge in [0, 0.05) is 5.56 Å². The van der Waals surface area contributed by atoms with Gasteiger partial charge in [0.2, 0.25) is 0 Å². The van der Waals surface area contributed by atoms with E-state index in [9.17, 15) is 4.79 Å². The van der Waals surface area contributed by atoms with Crippen molar-refractivity contribution < 1.29 is 9.53 Å². The largest absolute Gasteiger partial charge is 0.492 e. The van der Waals surface area contributed by atoms with Gasteiger partial charge in [0.05, 0.1) is 11.6 Å². The molecular weight excluding hydrogens is 296 g/mol. The molecule has 2 nitrogen and oxygen atoms in total. The Morgan fingerprint density at radius 1 is 1.14 bits per heavy atom. The van der Waals surface area contributed by atoms with Crippen LogP contribution in [0.4, 0.5) is 0 Å². The minimum absolute atomic E-state index is 0.0679. The van der Waals surface area contributed by atoms with E-state index >= 15 is 0 Å². The lowest BCUT2D eigenvalue weighted by atomic mass is 10.0. The number of benzene rings is 2. The molecule has 0 aliphatic carbocycles. The van der Waals surface area contributed by atoms with E-state index in [1.165, 1.54) is 0 Å². The Bertz CT molecular complexity index is 647. The maximum absolute atomic E-state index is 11.3. The van der Waals surface area contributed by atoms with Gasteiger partial charge in [-0.25, -0.2) is 0 Å². The van der Waals surface area contributed by atoms with Crippen molar-refractivity contribution in [2.75, 3.05) is 6.61 Å². The number of rotatable bonds is 6. The van der Waals surface area contributed by atoms with Gasteiger partial charge in [-0.1, -0.05) is 62.2 Å². The molecule has 0 radical (unpaired) electrons. The van der Waals surface area contributed by atoms with Crippen molar-refractivity contribution in [2.45, 2.75) is 27.2 Å². The van der Waals surface area contributed by atoms with Gasteiger partial charge in [0.25, 0.3) is 0 Å². The maximum Gasteiger partial charge on any atom is 0.159 e. The second-order valence-corrected chi connectivity index (χ2v) is 6.01. The SMILES string of the molecule is CC[C@H](C)COc1ccc(-c2ccc(C(C)=O)cc2)cc1Cl. The van der Waals surface area contributed by atoms with Crippen LogP contribution in [0.1, 0.15) is 37.6 Å². The average molecular weight is 317 g/mol. The van der Waals surface area contributed by atoms with Crippen LogP contribution in [0.15, 0.2) is 42.5 Å². The summed E-state index contributed by atoms with van der Waals surface area (Å²) < 4.78 is 5.75. The second-order valence-electron chi connectivity index (χ2n) is 5.60. The summed E-state index contributed by atoms with van der Waals surface area (Å²) in [6, 6.07) is 13.3. The number of carbonyl (C=O) groups is 1. The van der Waals surface area contributed by atoms with Crippen LogP contribution in [0.25, 0.3) is 11.1 Å². The molecule has 0 aliphatic heterocycles.